The van der Waals surface area contributed by atoms with Gasteiger partial charge in [0.1, 0.15) is 0 Å². The van der Waals surface area contributed by atoms with Crippen molar-refractivity contribution in [3.05, 3.63) is 70.7 Å². The lowest BCUT2D eigenvalue weighted by molar-refractivity contribution is -0.135. The van der Waals surface area contributed by atoms with Gasteiger partial charge in [-0.1, -0.05) is 41.9 Å². The van der Waals surface area contributed by atoms with Crippen molar-refractivity contribution in [1.82, 2.24) is 14.8 Å². The molecular weight excluding hydrogens is 418 g/mol. The molecule has 1 aliphatic heterocycles. The summed E-state index contributed by atoms with van der Waals surface area (Å²) in [7, 11) is 0. The fraction of sp³-hybridized carbons (Fsp3) is 0.261. The SMILES string of the molecule is O=C(O)c1cc(OCC(=O)N2CCN(Cc3ccc(Cl)cc3)CC2)nc2ccccc12. The molecule has 0 aliphatic carbocycles. The zero-order chi connectivity index (χ0) is 21.8. The monoisotopic (exact) mass is 439 g/mol. The number of carboxylic acid groups (broad SMARTS) is 1. The maximum atomic E-state index is 12.6. The minimum absolute atomic E-state index is 0.101. The number of pyridine rings is 1. The minimum Gasteiger partial charge on any atom is -0.478 e. The van der Waals surface area contributed by atoms with E-state index in [-0.39, 0.29) is 24.0 Å². The van der Waals surface area contributed by atoms with E-state index in [9.17, 15) is 14.7 Å². The number of hydrogen-bond acceptors (Lipinski definition) is 5. The Morgan fingerprint density at radius 3 is 2.45 bits per heavy atom. The van der Waals surface area contributed by atoms with Crippen molar-refractivity contribution < 1.29 is 19.4 Å². The van der Waals surface area contributed by atoms with Crippen LogP contribution in [0.3, 0.4) is 0 Å². The van der Waals surface area contributed by atoms with E-state index < -0.39 is 5.97 Å². The number of piperazine rings is 1. The summed E-state index contributed by atoms with van der Waals surface area (Å²) in [6.45, 7) is 3.40. The zero-order valence-electron chi connectivity index (χ0n) is 16.8. The highest BCUT2D eigenvalue weighted by Crippen LogP contribution is 2.22. The molecule has 0 atom stereocenters. The predicted octanol–water partition coefficient (Wildman–Crippen LogP) is 3.31. The summed E-state index contributed by atoms with van der Waals surface area (Å²) in [4.78, 5) is 32.5. The molecule has 160 valence electrons. The number of halogens is 1. The number of carboxylic acids is 1. The Labute approximate surface area is 184 Å². The number of hydrogen-bond donors (Lipinski definition) is 1. The van der Waals surface area contributed by atoms with Crippen LogP contribution in [0, 0.1) is 0 Å². The Hall–Kier alpha value is -3.16. The summed E-state index contributed by atoms with van der Waals surface area (Å²) in [5.41, 5.74) is 1.80. The molecular formula is C23H22ClN3O4. The van der Waals surface area contributed by atoms with Gasteiger partial charge >= 0.3 is 5.97 Å². The normalized spacial score (nSPS) is 14.5. The first-order valence-corrected chi connectivity index (χ1v) is 10.4. The number of nitrogens with zero attached hydrogens (tertiary/aromatic N) is 3. The zero-order valence-corrected chi connectivity index (χ0v) is 17.6. The number of carbonyl (C=O) groups excluding carboxylic acids is 1. The first kappa shape index (κ1) is 21.1. The number of carbonyl (C=O) groups is 2. The largest absolute Gasteiger partial charge is 0.478 e. The van der Waals surface area contributed by atoms with Crippen molar-refractivity contribution in [3.63, 3.8) is 0 Å². The lowest BCUT2D eigenvalue weighted by Crippen LogP contribution is -2.49. The van der Waals surface area contributed by atoms with Gasteiger partial charge in [-0.05, 0) is 23.8 Å². The number of amides is 1. The van der Waals surface area contributed by atoms with E-state index in [4.69, 9.17) is 16.3 Å². The highest BCUT2D eigenvalue weighted by atomic mass is 35.5. The van der Waals surface area contributed by atoms with Crippen molar-refractivity contribution in [2.75, 3.05) is 32.8 Å². The summed E-state index contributed by atoms with van der Waals surface area (Å²) in [5, 5.41) is 10.7. The number of benzene rings is 2. The number of aromatic carboxylic acids is 1. The van der Waals surface area contributed by atoms with Crippen LogP contribution in [0.2, 0.25) is 5.02 Å². The molecule has 1 amide bonds. The summed E-state index contributed by atoms with van der Waals surface area (Å²) in [6.07, 6.45) is 0. The molecule has 3 aromatic rings. The summed E-state index contributed by atoms with van der Waals surface area (Å²) in [6, 6.07) is 16.1. The molecule has 0 bridgehead atoms. The molecule has 1 saturated heterocycles. The van der Waals surface area contributed by atoms with E-state index in [2.05, 4.69) is 9.88 Å². The molecule has 1 N–H and O–H groups in total. The minimum atomic E-state index is -1.06. The van der Waals surface area contributed by atoms with Crippen molar-refractivity contribution in [2.24, 2.45) is 0 Å². The van der Waals surface area contributed by atoms with Crippen LogP contribution in [0.4, 0.5) is 0 Å². The third-order valence-corrected chi connectivity index (χ3v) is 5.56. The fourth-order valence-corrected chi connectivity index (χ4v) is 3.76. The fourth-order valence-electron chi connectivity index (χ4n) is 3.63. The van der Waals surface area contributed by atoms with Gasteiger partial charge in [-0.3, -0.25) is 9.69 Å². The first-order valence-electron chi connectivity index (χ1n) is 10.00. The quantitative estimate of drug-likeness (QED) is 0.634. The second kappa shape index (κ2) is 9.32. The highest BCUT2D eigenvalue weighted by molar-refractivity contribution is 6.30. The lowest BCUT2D eigenvalue weighted by Gasteiger charge is -2.34. The van der Waals surface area contributed by atoms with E-state index in [1.54, 1.807) is 29.2 Å². The maximum absolute atomic E-state index is 12.6. The van der Waals surface area contributed by atoms with Gasteiger partial charge in [-0.2, -0.15) is 0 Å². The molecule has 7 nitrogen and oxygen atoms in total. The average Bonchev–Trinajstić information content (AvgIpc) is 2.79. The van der Waals surface area contributed by atoms with Crippen LogP contribution in [0.25, 0.3) is 10.9 Å². The van der Waals surface area contributed by atoms with E-state index >= 15 is 0 Å². The second-order valence-electron chi connectivity index (χ2n) is 7.40. The van der Waals surface area contributed by atoms with E-state index in [1.165, 1.54) is 11.6 Å². The number of fused-ring (bicyclic) bond motifs is 1. The molecule has 2 heterocycles. The molecule has 1 aliphatic rings. The van der Waals surface area contributed by atoms with Crippen LogP contribution in [-0.2, 0) is 11.3 Å². The standard InChI is InChI=1S/C23H22ClN3O4/c24-17-7-5-16(6-8-17)14-26-9-11-27(12-10-26)22(28)15-31-21-13-19(23(29)30)18-3-1-2-4-20(18)25-21/h1-8,13H,9-12,14-15H2,(H,29,30). The number of ether oxygens (including phenoxy) is 1. The molecule has 1 aromatic heterocycles. The third kappa shape index (κ3) is 5.13. The van der Waals surface area contributed by atoms with Gasteiger partial charge in [0.25, 0.3) is 5.91 Å². The first-order chi connectivity index (χ1) is 15.0. The van der Waals surface area contributed by atoms with Gasteiger partial charge in [0, 0.05) is 49.2 Å². The van der Waals surface area contributed by atoms with Gasteiger partial charge in [0.15, 0.2) is 6.61 Å². The number of rotatable bonds is 6. The van der Waals surface area contributed by atoms with Gasteiger partial charge in [-0.15, -0.1) is 0 Å². The molecule has 8 heteroatoms. The molecule has 4 rings (SSSR count). The van der Waals surface area contributed by atoms with Gasteiger partial charge in [0.05, 0.1) is 11.1 Å². The lowest BCUT2D eigenvalue weighted by atomic mass is 10.1. The Morgan fingerprint density at radius 1 is 1.03 bits per heavy atom. The van der Waals surface area contributed by atoms with Gasteiger partial charge < -0.3 is 14.7 Å². The van der Waals surface area contributed by atoms with Crippen LogP contribution in [-0.4, -0.2) is 64.6 Å². The van der Waals surface area contributed by atoms with Crippen LogP contribution in [0.15, 0.2) is 54.6 Å². The highest BCUT2D eigenvalue weighted by Gasteiger charge is 2.22. The van der Waals surface area contributed by atoms with Crippen molar-refractivity contribution in [3.8, 4) is 5.88 Å². The maximum Gasteiger partial charge on any atom is 0.336 e. The molecule has 31 heavy (non-hydrogen) atoms. The molecule has 1 fully saturated rings. The Bertz CT molecular complexity index is 1100. The summed E-state index contributed by atoms with van der Waals surface area (Å²) < 4.78 is 5.56. The average molecular weight is 440 g/mol. The summed E-state index contributed by atoms with van der Waals surface area (Å²) >= 11 is 5.93. The van der Waals surface area contributed by atoms with Crippen LogP contribution >= 0.6 is 11.6 Å². The number of para-hydroxylation sites is 1. The summed E-state index contributed by atoms with van der Waals surface area (Å²) in [5.74, 6) is -1.07. The Balaban J connectivity index is 1.32. The van der Waals surface area contributed by atoms with Crippen molar-refractivity contribution in [1.29, 1.82) is 0 Å². The molecule has 2 aromatic carbocycles. The van der Waals surface area contributed by atoms with Crippen molar-refractivity contribution in [2.45, 2.75) is 6.54 Å². The predicted molar refractivity (Wildman–Crippen MR) is 118 cm³/mol. The molecule has 0 radical (unpaired) electrons. The van der Waals surface area contributed by atoms with E-state index in [0.717, 1.165) is 24.7 Å². The Morgan fingerprint density at radius 2 is 1.74 bits per heavy atom. The molecule has 0 unspecified atom stereocenters. The second-order valence-corrected chi connectivity index (χ2v) is 7.84. The van der Waals surface area contributed by atoms with Gasteiger partial charge in [-0.25, -0.2) is 9.78 Å². The van der Waals surface area contributed by atoms with Crippen LogP contribution < -0.4 is 4.74 Å². The molecule has 0 saturated carbocycles. The number of aromatic nitrogens is 1. The Kier molecular flexibility index (Phi) is 6.34. The third-order valence-electron chi connectivity index (χ3n) is 5.31. The van der Waals surface area contributed by atoms with Crippen molar-refractivity contribution >= 4 is 34.4 Å². The smallest absolute Gasteiger partial charge is 0.336 e. The van der Waals surface area contributed by atoms with E-state index in [1.807, 2.05) is 24.3 Å². The van der Waals surface area contributed by atoms with Crippen LogP contribution in [0.1, 0.15) is 15.9 Å². The topological polar surface area (TPSA) is 83.0 Å². The molecule has 0 spiro atoms. The van der Waals surface area contributed by atoms with Crippen LogP contribution in [0.5, 0.6) is 5.88 Å². The van der Waals surface area contributed by atoms with Gasteiger partial charge in [0.2, 0.25) is 5.88 Å². The van der Waals surface area contributed by atoms with E-state index in [0.29, 0.717) is 24.0 Å².